The third kappa shape index (κ3) is 12.0. The number of carbonyl (C=O) groups is 2. The van der Waals surface area contributed by atoms with Crippen molar-refractivity contribution in [3.05, 3.63) is 70.0 Å². The number of hydrogen-bond donors (Lipinski definition) is 1. The molecule has 0 saturated carbocycles. The molecule has 1 amide bonds. The highest BCUT2D eigenvalue weighted by Crippen LogP contribution is 2.34. The molecular formula is C27H36Cl2FNO4S. The number of amides is 1. The third-order valence-electron chi connectivity index (χ3n) is 5.00. The zero-order valence-corrected chi connectivity index (χ0v) is 24.0. The number of morpholine rings is 1. The molecule has 1 saturated heterocycles. The molecule has 0 spiro atoms. The first-order valence-electron chi connectivity index (χ1n) is 11.6. The second kappa shape index (κ2) is 15.5. The number of nitrogens with zero attached hydrogens (tertiary/aromatic N) is 1. The number of halogens is 3. The van der Waals surface area contributed by atoms with Crippen LogP contribution in [0.3, 0.4) is 0 Å². The molecule has 2 aromatic rings. The third-order valence-corrected chi connectivity index (χ3v) is 6.93. The zero-order chi connectivity index (χ0) is 27.5. The van der Waals surface area contributed by atoms with E-state index in [1.165, 1.54) is 12.1 Å². The highest BCUT2D eigenvalue weighted by atomic mass is 35.5. The van der Waals surface area contributed by atoms with Crippen molar-refractivity contribution in [3.63, 3.8) is 0 Å². The van der Waals surface area contributed by atoms with Gasteiger partial charge in [0.1, 0.15) is 12.4 Å². The Morgan fingerprint density at radius 3 is 2.22 bits per heavy atom. The van der Waals surface area contributed by atoms with Crippen LogP contribution in [-0.2, 0) is 14.3 Å². The Morgan fingerprint density at radius 1 is 1.19 bits per heavy atom. The van der Waals surface area contributed by atoms with Crippen LogP contribution in [0.15, 0.2) is 48.5 Å². The van der Waals surface area contributed by atoms with E-state index >= 15 is 0 Å². The van der Waals surface area contributed by atoms with E-state index in [2.05, 4.69) is 34.6 Å². The van der Waals surface area contributed by atoms with E-state index in [0.29, 0.717) is 6.61 Å². The van der Waals surface area contributed by atoms with E-state index in [-0.39, 0.29) is 40.3 Å². The van der Waals surface area contributed by atoms with Crippen LogP contribution in [0.2, 0.25) is 10.0 Å². The molecule has 200 valence electrons. The summed E-state index contributed by atoms with van der Waals surface area (Å²) in [5.74, 6) is -0.224. The number of carboxylic acids is 1. The van der Waals surface area contributed by atoms with Gasteiger partial charge in [-0.2, -0.15) is 11.8 Å². The molecule has 1 fully saturated rings. The predicted octanol–water partition coefficient (Wildman–Crippen LogP) is 7.37. The van der Waals surface area contributed by atoms with E-state index < -0.39 is 11.8 Å². The maximum Gasteiger partial charge on any atom is 0.300 e. The molecule has 0 bridgehead atoms. The number of thioether (sulfide) groups is 1. The van der Waals surface area contributed by atoms with Gasteiger partial charge in [-0.05, 0) is 35.7 Å². The Balaban J connectivity index is 0.000000486. The molecule has 1 aliphatic rings. The van der Waals surface area contributed by atoms with Gasteiger partial charge >= 0.3 is 0 Å². The Morgan fingerprint density at radius 2 is 1.78 bits per heavy atom. The van der Waals surface area contributed by atoms with Gasteiger partial charge in [-0.15, -0.1) is 0 Å². The first-order valence-corrected chi connectivity index (χ1v) is 13.3. The van der Waals surface area contributed by atoms with E-state index in [9.17, 15) is 9.18 Å². The van der Waals surface area contributed by atoms with Crippen molar-refractivity contribution in [2.24, 2.45) is 5.92 Å². The molecular weight excluding hydrogens is 524 g/mol. The minimum atomic E-state index is -0.833. The molecule has 36 heavy (non-hydrogen) atoms. The van der Waals surface area contributed by atoms with Gasteiger partial charge in [0.2, 0.25) is 5.91 Å². The van der Waals surface area contributed by atoms with Crippen molar-refractivity contribution in [3.8, 4) is 0 Å². The first-order chi connectivity index (χ1) is 16.7. The van der Waals surface area contributed by atoms with E-state index in [1.54, 1.807) is 6.07 Å². The zero-order valence-electron chi connectivity index (χ0n) is 21.6. The second-order valence-corrected chi connectivity index (χ2v) is 12.2. The lowest BCUT2D eigenvalue weighted by molar-refractivity contribution is -0.153. The fraction of sp³-hybridized carbons (Fsp3) is 0.481. The van der Waals surface area contributed by atoms with Crippen molar-refractivity contribution in [2.75, 3.05) is 19.0 Å². The summed E-state index contributed by atoms with van der Waals surface area (Å²) in [6.45, 7) is 12.3. The number of hydrogen-bond acceptors (Lipinski definition) is 4. The van der Waals surface area contributed by atoms with Crippen molar-refractivity contribution < 1.29 is 23.8 Å². The maximum atomic E-state index is 13.9. The molecule has 0 aliphatic carbocycles. The van der Waals surface area contributed by atoms with Crippen LogP contribution in [-0.4, -0.2) is 51.6 Å². The minimum absolute atomic E-state index is 0.0418. The summed E-state index contributed by atoms with van der Waals surface area (Å²) in [5, 5.41) is 8.30. The highest BCUT2D eigenvalue weighted by Gasteiger charge is 2.37. The van der Waals surface area contributed by atoms with Crippen LogP contribution in [0, 0.1) is 11.7 Å². The van der Waals surface area contributed by atoms with Crippen LogP contribution in [0.1, 0.15) is 53.1 Å². The maximum absolute atomic E-state index is 13.9. The lowest BCUT2D eigenvalue weighted by Crippen LogP contribution is -2.52. The lowest BCUT2D eigenvalue weighted by atomic mass is 9.97. The smallest absolute Gasteiger partial charge is 0.300 e. The van der Waals surface area contributed by atoms with Crippen LogP contribution < -0.4 is 0 Å². The van der Waals surface area contributed by atoms with Gasteiger partial charge in [0.05, 0.1) is 17.7 Å². The van der Waals surface area contributed by atoms with Gasteiger partial charge in [-0.1, -0.05) is 82.1 Å². The summed E-state index contributed by atoms with van der Waals surface area (Å²) in [6, 6.07) is 13.9. The predicted molar refractivity (Wildman–Crippen MR) is 147 cm³/mol. The van der Waals surface area contributed by atoms with Crippen LogP contribution in [0.5, 0.6) is 0 Å². The molecule has 1 N–H and O–H groups in total. The van der Waals surface area contributed by atoms with E-state index in [1.807, 2.05) is 47.0 Å². The van der Waals surface area contributed by atoms with Crippen LogP contribution >= 0.6 is 35.0 Å². The average molecular weight is 561 g/mol. The summed E-state index contributed by atoms with van der Waals surface area (Å²) in [4.78, 5) is 23.6. The quantitative estimate of drug-likeness (QED) is 0.414. The van der Waals surface area contributed by atoms with Crippen LogP contribution in [0.4, 0.5) is 4.39 Å². The SMILES string of the molecule is CC(=O)O.CC(C)C(CSC(C)(C)C)N1C(=O)COCC1c1ccc(Cl)c(F)c1.Clc1ccccc1. The summed E-state index contributed by atoms with van der Waals surface area (Å²) in [5.41, 5.74) is 0.723. The van der Waals surface area contributed by atoms with Crippen molar-refractivity contribution in [2.45, 2.75) is 58.4 Å². The monoisotopic (exact) mass is 559 g/mol. The number of carboxylic acid groups (broad SMARTS) is 1. The topological polar surface area (TPSA) is 66.8 Å². The van der Waals surface area contributed by atoms with Gasteiger partial charge in [0.25, 0.3) is 5.97 Å². The van der Waals surface area contributed by atoms with Gasteiger partial charge in [-0.3, -0.25) is 9.59 Å². The molecule has 0 aromatic heterocycles. The average Bonchev–Trinajstić information content (AvgIpc) is 2.76. The number of aliphatic carboxylic acids is 1. The largest absolute Gasteiger partial charge is 0.481 e. The van der Waals surface area contributed by atoms with Gasteiger partial charge in [0, 0.05) is 28.5 Å². The Hall–Kier alpha value is -1.80. The Bertz CT molecular complexity index is 966. The number of benzene rings is 2. The van der Waals surface area contributed by atoms with E-state index in [0.717, 1.165) is 23.3 Å². The Labute approximate surface area is 228 Å². The van der Waals surface area contributed by atoms with Crippen molar-refractivity contribution >= 4 is 46.8 Å². The molecule has 5 nitrogen and oxygen atoms in total. The Kier molecular flexibility index (Phi) is 13.8. The highest BCUT2D eigenvalue weighted by molar-refractivity contribution is 8.00. The molecule has 1 aliphatic heterocycles. The van der Waals surface area contributed by atoms with E-state index in [4.69, 9.17) is 37.8 Å². The summed E-state index contributed by atoms with van der Waals surface area (Å²) in [6.07, 6.45) is 0. The molecule has 0 radical (unpaired) electrons. The van der Waals surface area contributed by atoms with Crippen LogP contribution in [0.25, 0.3) is 0 Å². The lowest BCUT2D eigenvalue weighted by Gasteiger charge is -2.43. The molecule has 2 unspecified atom stereocenters. The van der Waals surface area contributed by atoms with Crippen molar-refractivity contribution in [1.29, 1.82) is 0 Å². The summed E-state index contributed by atoms with van der Waals surface area (Å²) in [7, 11) is 0. The van der Waals surface area contributed by atoms with Gasteiger partial charge in [0.15, 0.2) is 0 Å². The molecule has 9 heteroatoms. The fourth-order valence-corrected chi connectivity index (χ4v) is 4.80. The number of ether oxygens (including phenoxy) is 1. The molecule has 3 rings (SSSR count). The summed E-state index contributed by atoms with van der Waals surface area (Å²) >= 11 is 13.2. The molecule has 2 aromatic carbocycles. The summed E-state index contributed by atoms with van der Waals surface area (Å²) < 4.78 is 19.5. The molecule has 1 heterocycles. The van der Waals surface area contributed by atoms with Crippen molar-refractivity contribution in [1.82, 2.24) is 4.90 Å². The standard InChI is InChI=1S/C19H27ClFNO2S.C6H5Cl.C2H4O2/c1-12(2)17(11-25-19(3,4)5)22-16(9-24-10-18(22)23)13-6-7-14(20)15(21)8-13;7-6-4-2-1-3-5-6;1-2(3)4/h6-8,12,16-17H,9-11H2,1-5H3;1-5H;1H3,(H,3,4). The molecule has 2 atom stereocenters. The number of carbonyl (C=O) groups excluding carboxylic acids is 1. The number of rotatable bonds is 5. The fourth-order valence-electron chi connectivity index (χ4n) is 3.32. The van der Waals surface area contributed by atoms with Gasteiger partial charge < -0.3 is 14.7 Å². The van der Waals surface area contributed by atoms with Gasteiger partial charge in [-0.25, -0.2) is 4.39 Å². The second-order valence-electron chi connectivity index (χ2n) is 9.55. The normalized spacial score (nSPS) is 16.4. The first kappa shape index (κ1) is 32.2. The minimum Gasteiger partial charge on any atom is -0.481 e.